The predicted octanol–water partition coefficient (Wildman–Crippen LogP) is 0.621. The van der Waals surface area contributed by atoms with Gasteiger partial charge in [0, 0.05) is 95.5 Å². The Morgan fingerprint density at radius 2 is 1.61 bits per heavy atom. The molecule has 2 atom stereocenters. The fourth-order valence-corrected chi connectivity index (χ4v) is 8.38. The first-order valence-electron chi connectivity index (χ1n) is 14.4. The molecule has 208 valence electrons. The predicted molar refractivity (Wildman–Crippen MR) is 150 cm³/mol. The summed E-state index contributed by atoms with van der Waals surface area (Å²) in [4.78, 5) is 23.1. The van der Waals surface area contributed by atoms with Crippen LogP contribution in [0.3, 0.4) is 0 Å². The molecule has 0 spiro atoms. The van der Waals surface area contributed by atoms with Gasteiger partial charge in [0.05, 0.1) is 25.5 Å². The normalized spacial score (nSPS) is 33.4. The highest BCUT2D eigenvalue weighted by molar-refractivity contribution is 7.99. The molecule has 2 aromatic rings. The summed E-state index contributed by atoms with van der Waals surface area (Å²) in [7, 11) is 0. The molecule has 5 aliphatic heterocycles. The van der Waals surface area contributed by atoms with E-state index in [2.05, 4.69) is 75.0 Å². The number of aromatic nitrogens is 3. The highest BCUT2D eigenvalue weighted by Gasteiger charge is 2.70. The van der Waals surface area contributed by atoms with Crippen molar-refractivity contribution in [2.75, 3.05) is 102 Å². The molecular formula is C26H42N10OS. The van der Waals surface area contributed by atoms with Crippen LogP contribution in [0.15, 0.2) is 30.7 Å². The number of likely N-dealkylation sites (tertiary alicyclic amines) is 1. The van der Waals surface area contributed by atoms with Gasteiger partial charge in [0.25, 0.3) is 0 Å². The number of hydrogen-bond donors (Lipinski definition) is 3. The van der Waals surface area contributed by atoms with Crippen molar-refractivity contribution in [2.45, 2.75) is 24.4 Å². The fourth-order valence-electron chi connectivity index (χ4n) is 7.47. The van der Waals surface area contributed by atoms with Crippen molar-refractivity contribution < 1.29 is 4.74 Å². The number of imidazole rings is 1. The van der Waals surface area contributed by atoms with Gasteiger partial charge in [-0.05, 0) is 25.0 Å². The summed E-state index contributed by atoms with van der Waals surface area (Å²) < 4.78 is 5.94. The minimum Gasteiger partial charge on any atom is -0.379 e. The molecule has 2 aromatic heterocycles. The quantitative estimate of drug-likeness (QED) is 0.483. The van der Waals surface area contributed by atoms with Crippen molar-refractivity contribution in [2.24, 2.45) is 0 Å². The first-order chi connectivity index (χ1) is 18.8. The maximum atomic E-state index is 5.94. The molecule has 12 heteroatoms. The Bertz CT molecular complexity index is 1020. The molecule has 38 heavy (non-hydrogen) atoms. The summed E-state index contributed by atoms with van der Waals surface area (Å²) in [5.41, 5.74) is 1.21. The van der Waals surface area contributed by atoms with Crippen molar-refractivity contribution in [1.82, 2.24) is 45.0 Å². The van der Waals surface area contributed by atoms with Crippen molar-refractivity contribution in [3.8, 4) is 0 Å². The number of H-pyrrole nitrogens is 2. The van der Waals surface area contributed by atoms with E-state index in [0.717, 1.165) is 103 Å². The number of piperazine rings is 1. The van der Waals surface area contributed by atoms with Crippen LogP contribution < -0.4 is 10.2 Å². The number of morpholine rings is 1. The van der Waals surface area contributed by atoms with Crippen molar-refractivity contribution in [3.05, 3.63) is 36.4 Å². The minimum atomic E-state index is -0.548. The third-order valence-corrected chi connectivity index (χ3v) is 9.98. The van der Waals surface area contributed by atoms with Gasteiger partial charge in [0.15, 0.2) is 5.79 Å². The number of thioether (sulfide) groups is 1. The van der Waals surface area contributed by atoms with Crippen LogP contribution in [0, 0.1) is 0 Å². The maximum absolute atomic E-state index is 5.94. The van der Waals surface area contributed by atoms with Gasteiger partial charge in [0.1, 0.15) is 0 Å². The second kappa shape index (κ2) is 10.7. The summed E-state index contributed by atoms with van der Waals surface area (Å²) >= 11 is 2.07. The van der Waals surface area contributed by atoms with Crippen LogP contribution in [0.25, 0.3) is 0 Å². The molecule has 7 heterocycles. The zero-order valence-electron chi connectivity index (χ0n) is 22.4. The molecule has 2 unspecified atom stereocenters. The van der Waals surface area contributed by atoms with Crippen molar-refractivity contribution in [3.63, 3.8) is 0 Å². The number of hydrogen-bond acceptors (Lipinski definition) is 10. The molecule has 0 radical (unpaired) electrons. The van der Waals surface area contributed by atoms with E-state index in [9.17, 15) is 0 Å². The monoisotopic (exact) mass is 542 g/mol. The van der Waals surface area contributed by atoms with E-state index < -0.39 is 5.79 Å². The number of rotatable bonds is 6. The second-order valence-electron chi connectivity index (χ2n) is 10.9. The molecule has 5 fully saturated rings. The molecule has 0 saturated carbocycles. The third kappa shape index (κ3) is 3.95. The van der Waals surface area contributed by atoms with Gasteiger partial charge in [-0.2, -0.15) is 16.8 Å². The average Bonchev–Trinajstić information content (AvgIpc) is 3.81. The summed E-state index contributed by atoms with van der Waals surface area (Å²) in [6.45, 7) is 12.5. The zero-order valence-corrected chi connectivity index (χ0v) is 23.2. The molecule has 0 aromatic carbocycles. The van der Waals surface area contributed by atoms with Gasteiger partial charge in [-0.25, -0.2) is 9.99 Å². The Hall–Kier alpha value is -1.64. The molecule has 3 N–H and O–H groups in total. The van der Waals surface area contributed by atoms with Crippen LogP contribution in [0.4, 0.5) is 5.95 Å². The smallest absolute Gasteiger partial charge is 0.212 e. The summed E-state index contributed by atoms with van der Waals surface area (Å²) in [6.07, 6.45) is 8.47. The zero-order chi connectivity index (χ0) is 25.4. The van der Waals surface area contributed by atoms with Crippen LogP contribution in [0.1, 0.15) is 18.5 Å². The van der Waals surface area contributed by atoms with Gasteiger partial charge in [-0.1, -0.05) is 0 Å². The lowest BCUT2D eigenvalue weighted by Gasteiger charge is -2.60. The number of nitrogens with one attached hydrogen (secondary N) is 3. The Balaban J connectivity index is 1.49. The van der Waals surface area contributed by atoms with Crippen molar-refractivity contribution in [1.29, 1.82) is 0 Å². The Labute approximate surface area is 229 Å². The second-order valence-corrected chi connectivity index (χ2v) is 12.1. The van der Waals surface area contributed by atoms with Gasteiger partial charge in [-0.15, -0.1) is 0 Å². The number of ether oxygens (including phenoxy) is 1. The lowest BCUT2D eigenvalue weighted by atomic mass is 10.1. The van der Waals surface area contributed by atoms with Crippen molar-refractivity contribution >= 4 is 17.7 Å². The summed E-state index contributed by atoms with van der Waals surface area (Å²) in [5, 5.41) is 9.07. The van der Waals surface area contributed by atoms with Crippen LogP contribution in [0.5, 0.6) is 0 Å². The van der Waals surface area contributed by atoms with E-state index in [1.807, 2.05) is 12.4 Å². The SMILES string of the molecule is c1c[nH]c(C2(N3CCSCC3)N(c3ncc[nH]3)CC(N3CCCC3)(N3CCNCC3)N2N2CCOCC2)c1. The maximum Gasteiger partial charge on any atom is 0.212 e. The fraction of sp³-hybridized carbons (Fsp3) is 0.731. The Morgan fingerprint density at radius 1 is 0.842 bits per heavy atom. The van der Waals surface area contributed by atoms with E-state index in [1.54, 1.807) is 0 Å². The third-order valence-electron chi connectivity index (χ3n) is 9.04. The van der Waals surface area contributed by atoms with Gasteiger partial charge in [0.2, 0.25) is 11.7 Å². The highest BCUT2D eigenvalue weighted by atomic mass is 32.2. The lowest BCUT2D eigenvalue weighted by molar-refractivity contribution is -0.295. The number of anilines is 1. The lowest BCUT2D eigenvalue weighted by Crippen LogP contribution is -2.79. The average molecular weight is 543 g/mol. The van der Waals surface area contributed by atoms with E-state index in [1.165, 1.54) is 18.5 Å². The van der Waals surface area contributed by atoms with Crippen LogP contribution >= 0.6 is 11.8 Å². The van der Waals surface area contributed by atoms with Gasteiger partial charge < -0.3 is 20.0 Å². The topological polar surface area (TPSA) is 85.2 Å². The van der Waals surface area contributed by atoms with E-state index in [-0.39, 0.29) is 5.79 Å². The van der Waals surface area contributed by atoms with Gasteiger partial charge in [-0.3, -0.25) is 19.6 Å². The number of aromatic amines is 2. The molecule has 5 saturated heterocycles. The minimum absolute atomic E-state index is 0.307. The summed E-state index contributed by atoms with van der Waals surface area (Å²) in [6, 6.07) is 4.46. The molecule has 7 rings (SSSR count). The first kappa shape index (κ1) is 25.3. The first-order valence-corrected chi connectivity index (χ1v) is 15.6. The Morgan fingerprint density at radius 3 is 2.29 bits per heavy atom. The molecule has 0 aliphatic carbocycles. The Kier molecular flexibility index (Phi) is 7.16. The standard InChI is InChI=1S/C26H42N10OS/c1-2-11-31(10-1)25(32-12-8-27-9-13-32)22-35(24-29-6-7-30-24)26(23-4-3-5-28-23,33-16-20-38-21-17-33)36(25)34-14-18-37-19-15-34/h3-7,27-28H,1-2,8-22H2,(H,29,30). The molecule has 0 bridgehead atoms. The van der Waals surface area contributed by atoms with E-state index in [0.29, 0.717) is 0 Å². The van der Waals surface area contributed by atoms with Crippen LogP contribution in [-0.4, -0.2) is 142 Å². The van der Waals surface area contributed by atoms with Gasteiger partial charge >= 0.3 is 0 Å². The number of nitrogens with zero attached hydrogens (tertiary/aromatic N) is 7. The highest BCUT2D eigenvalue weighted by Crippen LogP contribution is 2.52. The molecule has 0 amide bonds. The largest absolute Gasteiger partial charge is 0.379 e. The van der Waals surface area contributed by atoms with Crippen LogP contribution in [-0.2, 0) is 10.5 Å². The van der Waals surface area contributed by atoms with E-state index >= 15 is 0 Å². The number of hydrazine groups is 1. The molecular weight excluding hydrogens is 500 g/mol. The van der Waals surface area contributed by atoms with E-state index in [4.69, 9.17) is 9.72 Å². The van der Waals surface area contributed by atoms with Crippen LogP contribution in [0.2, 0.25) is 0 Å². The molecule has 5 aliphatic rings. The molecule has 11 nitrogen and oxygen atoms in total. The summed E-state index contributed by atoms with van der Waals surface area (Å²) in [5.74, 6) is 2.35.